The molecule has 2 aromatic carbocycles. The number of methoxy groups -OCH3 is 1. The van der Waals surface area contributed by atoms with Gasteiger partial charge in [0.05, 0.1) is 7.11 Å². The summed E-state index contributed by atoms with van der Waals surface area (Å²) in [5.74, 6) is 2.13. The second kappa shape index (κ2) is 6.20. The van der Waals surface area contributed by atoms with Gasteiger partial charge in [-0.1, -0.05) is 6.07 Å². The standard InChI is InChI=1S/C18H19NO4/c1-11-7-16(21-3)12(2)6-14(11)18(20)19-9-13-4-5-15-17(8-13)23-10-22-15/h4-8H,9-10H2,1-3H3,(H,19,20). The van der Waals surface area contributed by atoms with Crippen molar-refractivity contribution in [3.05, 3.63) is 52.6 Å². The van der Waals surface area contributed by atoms with Crippen LogP contribution >= 0.6 is 0 Å². The fourth-order valence-corrected chi connectivity index (χ4v) is 2.58. The lowest BCUT2D eigenvalue weighted by Crippen LogP contribution is -2.23. The zero-order valence-corrected chi connectivity index (χ0v) is 13.4. The number of aryl methyl sites for hydroxylation is 2. The molecule has 1 aliphatic heterocycles. The van der Waals surface area contributed by atoms with Crippen LogP contribution in [0.2, 0.25) is 0 Å². The zero-order valence-electron chi connectivity index (χ0n) is 13.4. The summed E-state index contributed by atoms with van der Waals surface area (Å²) in [5, 5.41) is 2.94. The van der Waals surface area contributed by atoms with E-state index in [0.717, 1.165) is 28.2 Å². The maximum Gasteiger partial charge on any atom is 0.251 e. The Hall–Kier alpha value is -2.69. The predicted molar refractivity (Wildman–Crippen MR) is 86.2 cm³/mol. The van der Waals surface area contributed by atoms with Crippen LogP contribution in [0, 0.1) is 13.8 Å². The van der Waals surface area contributed by atoms with Gasteiger partial charge < -0.3 is 19.5 Å². The lowest BCUT2D eigenvalue weighted by atomic mass is 10.0. The Labute approximate surface area is 135 Å². The first kappa shape index (κ1) is 15.2. The fourth-order valence-electron chi connectivity index (χ4n) is 2.58. The first-order valence-corrected chi connectivity index (χ1v) is 7.40. The fraction of sp³-hybridized carbons (Fsp3) is 0.278. The van der Waals surface area contributed by atoms with Crippen LogP contribution in [-0.2, 0) is 6.54 Å². The summed E-state index contributed by atoms with van der Waals surface area (Å²) in [4.78, 5) is 12.4. The Morgan fingerprint density at radius 3 is 2.70 bits per heavy atom. The van der Waals surface area contributed by atoms with E-state index in [-0.39, 0.29) is 12.7 Å². The first-order valence-electron chi connectivity index (χ1n) is 7.40. The van der Waals surface area contributed by atoms with Crippen LogP contribution in [0.15, 0.2) is 30.3 Å². The van der Waals surface area contributed by atoms with Gasteiger partial charge in [0, 0.05) is 12.1 Å². The lowest BCUT2D eigenvalue weighted by molar-refractivity contribution is 0.0950. The average molecular weight is 313 g/mol. The predicted octanol–water partition coefficient (Wildman–Crippen LogP) is 2.97. The Bertz CT molecular complexity index is 755. The summed E-state index contributed by atoms with van der Waals surface area (Å²) in [6.07, 6.45) is 0. The van der Waals surface area contributed by atoms with Crippen LogP contribution in [0.1, 0.15) is 27.0 Å². The Balaban J connectivity index is 1.71. The number of carbonyl (C=O) groups excluding carboxylic acids is 1. The van der Waals surface area contributed by atoms with E-state index in [9.17, 15) is 4.79 Å². The highest BCUT2D eigenvalue weighted by Gasteiger charge is 2.15. The topological polar surface area (TPSA) is 56.8 Å². The lowest BCUT2D eigenvalue weighted by Gasteiger charge is -2.12. The maximum atomic E-state index is 12.4. The molecule has 3 rings (SSSR count). The molecule has 1 aliphatic rings. The maximum absolute atomic E-state index is 12.4. The summed E-state index contributed by atoms with van der Waals surface area (Å²) in [7, 11) is 1.63. The summed E-state index contributed by atoms with van der Waals surface area (Å²) >= 11 is 0. The third-order valence-corrected chi connectivity index (χ3v) is 3.88. The minimum absolute atomic E-state index is 0.106. The van der Waals surface area contributed by atoms with Crippen molar-refractivity contribution in [1.82, 2.24) is 5.32 Å². The minimum Gasteiger partial charge on any atom is -0.496 e. The van der Waals surface area contributed by atoms with Crippen LogP contribution < -0.4 is 19.5 Å². The molecule has 0 saturated carbocycles. The van der Waals surface area contributed by atoms with E-state index < -0.39 is 0 Å². The van der Waals surface area contributed by atoms with Gasteiger partial charge in [0.1, 0.15) is 5.75 Å². The van der Waals surface area contributed by atoms with Crippen molar-refractivity contribution in [3.8, 4) is 17.2 Å². The van der Waals surface area contributed by atoms with Gasteiger partial charge in [-0.2, -0.15) is 0 Å². The van der Waals surface area contributed by atoms with Crippen LogP contribution in [0.4, 0.5) is 0 Å². The van der Waals surface area contributed by atoms with Gasteiger partial charge in [0.25, 0.3) is 5.91 Å². The van der Waals surface area contributed by atoms with Gasteiger partial charge in [0.2, 0.25) is 6.79 Å². The molecule has 120 valence electrons. The third-order valence-electron chi connectivity index (χ3n) is 3.88. The van der Waals surface area contributed by atoms with E-state index in [2.05, 4.69) is 5.32 Å². The Morgan fingerprint density at radius 1 is 1.13 bits per heavy atom. The molecule has 0 aliphatic carbocycles. The Morgan fingerprint density at radius 2 is 1.91 bits per heavy atom. The second-order valence-electron chi connectivity index (χ2n) is 5.51. The van der Waals surface area contributed by atoms with Gasteiger partial charge >= 0.3 is 0 Å². The molecule has 5 heteroatoms. The van der Waals surface area contributed by atoms with E-state index in [1.54, 1.807) is 7.11 Å². The van der Waals surface area contributed by atoms with Crippen LogP contribution in [0.3, 0.4) is 0 Å². The van der Waals surface area contributed by atoms with Gasteiger partial charge in [-0.25, -0.2) is 0 Å². The van der Waals surface area contributed by atoms with Crippen molar-refractivity contribution >= 4 is 5.91 Å². The van der Waals surface area contributed by atoms with Crippen LogP contribution in [0.25, 0.3) is 0 Å². The van der Waals surface area contributed by atoms with Gasteiger partial charge in [0.15, 0.2) is 11.5 Å². The molecule has 0 spiro atoms. The van der Waals surface area contributed by atoms with Crippen molar-refractivity contribution < 1.29 is 19.0 Å². The molecule has 2 aromatic rings. The van der Waals surface area contributed by atoms with Crippen molar-refractivity contribution in [2.45, 2.75) is 20.4 Å². The number of ether oxygens (including phenoxy) is 3. The normalized spacial score (nSPS) is 12.1. The van der Waals surface area contributed by atoms with Gasteiger partial charge in [-0.05, 0) is 54.8 Å². The number of fused-ring (bicyclic) bond motifs is 1. The summed E-state index contributed by atoms with van der Waals surface area (Å²) in [6.45, 7) is 4.50. The highest BCUT2D eigenvalue weighted by molar-refractivity contribution is 5.96. The number of amides is 1. The molecule has 0 unspecified atom stereocenters. The number of carbonyl (C=O) groups is 1. The second-order valence-corrected chi connectivity index (χ2v) is 5.51. The number of hydrogen-bond donors (Lipinski definition) is 1. The van der Waals surface area contributed by atoms with Gasteiger partial charge in [-0.15, -0.1) is 0 Å². The number of nitrogens with one attached hydrogen (secondary N) is 1. The van der Waals surface area contributed by atoms with Crippen molar-refractivity contribution in [2.75, 3.05) is 13.9 Å². The van der Waals surface area contributed by atoms with Crippen LogP contribution in [0.5, 0.6) is 17.2 Å². The van der Waals surface area contributed by atoms with Gasteiger partial charge in [-0.3, -0.25) is 4.79 Å². The van der Waals surface area contributed by atoms with Crippen molar-refractivity contribution in [1.29, 1.82) is 0 Å². The van der Waals surface area contributed by atoms with E-state index in [0.29, 0.717) is 17.9 Å². The zero-order chi connectivity index (χ0) is 16.4. The SMILES string of the molecule is COc1cc(C)c(C(=O)NCc2ccc3c(c2)OCO3)cc1C. The largest absolute Gasteiger partial charge is 0.496 e. The highest BCUT2D eigenvalue weighted by atomic mass is 16.7. The smallest absolute Gasteiger partial charge is 0.251 e. The highest BCUT2D eigenvalue weighted by Crippen LogP contribution is 2.32. The first-order chi connectivity index (χ1) is 11.1. The molecule has 0 saturated heterocycles. The molecule has 0 atom stereocenters. The molecule has 1 heterocycles. The van der Waals surface area contributed by atoms with E-state index in [1.807, 2.05) is 44.2 Å². The number of benzene rings is 2. The molecule has 1 amide bonds. The average Bonchev–Trinajstić information content (AvgIpc) is 3.02. The summed E-state index contributed by atoms with van der Waals surface area (Å²) in [5.41, 5.74) is 3.44. The number of rotatable bonds is 4. The minimum atomic E-state index is -0.106. The van der Waals surface area contributed by atoms with Crippen molar-refractivity contribution in [2.24, 2.45) is 0 Å². The summed E-state index contributed by atoms with van der Waals surface area (Å²) in [6, 6.07) is 9.38. The molecular formula is C18H19NO4. The van der Waals surface area contributed by atoms with E-state index in [1.165, 1.54) is 0 Å². The van der Waals surface area contributed by atoms with Crippen molar-refractivity contribution in [3.63, 3.8) is 0 Å². The Kier molecular flexibility index (Phi) is 4.10. The summed E-state index contributed by atoms with van der Waals surface area (Å²) < 4.78 is 15.9. The quantitative estimate of drug-likeness (QED) is 0.943. The molecule has 0 radical (unpaired) electrons. The monoisotopic (exact) mass is 313 g/mol. The van der Waals surface area contributed by atoms with Crippen LogP contribution in [-0.4, -0.2) is 19.8 Å². The van der Waals surface area contributed by atoms with E-state index in [4.69, 9.17) is 14.2 Å². The van der Waals surface area contributed by atoms with E-state index >= 15 is 0 Å². The number of hydrogen-bond acceptors (Lipinski definition) is 4. The third kappa shape index (κ3) is 3.08. The molecule has 0 fully saturated rings. The molecule has 0 aromatic heterocycles. The molecule has 5 nitrogen and oxygen atoms in total. The molecule has 1 N–H and O–H groups in total. The molecule has 0 bridgehead atoms. The molecular weight excluding hydrogens is 294 g/mol. The molecule has 23 heavy (non-hydrogen) atoms.